The van der Waals surface area contributed by atoms with Crippen LogP contribution in [0.2, 0.25) is 0 Å². The molecule has 0 spiro atoms. The Kier molecular flexibility index (Phi) is 5.38. The topological polar surface area (TPSA) is 35.6 Å². The van der Waals surface area contributed by atoms with Crippen molar-refractivity contribution < 1.29 is 4.79 Å². The van der Waals surface area contributed by atoms with Gasteiger partial charge in [0.2, 0.25) is 5.91 Å². The van der Waals surface area contributed by atoms with Crippen LogP contribution in [0.3, 0.4) is 0 Å². The number of thiophene rings is 1. The molecule has 106 valence electrons. The SMILES string of the molecule is CNC(=O)[C@@H](C)N1CCN(Cc2ccc(Br)s2)CC1. The lowest BCUT2D eigenvalue weighted by molar-refractivity contribution is -0.126. The normalized spacial score (nSPS) is 19.3. The standard InChI is InChI=1S/C13H20BrN3OS/c1-10(13(18)15-2)17-7-5-16(6-8-17)9-11-3-4-12(14)19-11/h3-4,10H,5-9H2,1-2H3,(H,15,18)/t10-/m1/s1. The van der Waals surface area contributed by atoms with Crippen LogP contribution in [0.5, 0.6) is 0 Å². The number of rotatable bonds is 4. The van der Waals surface area contributed by atoms with E-state index in [1.54, 1.807) is 18.4 Å². The summed E-state index contributed by atoms with van der Waals surface area (Å²) in [5.41, 5.74) is 0. The minimum absolute atomic E-state index is 0.0250. The van der Waals surface area contributed by atoms with E-state index in [1.807, 2.05) is 6.92 Å². The van der Waals surface area contributed by atoms with E-state index in [9.17, 15) is 4.79 Å². The van der Waals surface area contributed by atoms with Gasteiger partial charge in [0.25, 0.3) is 0 Å². The first kappa shape index (κ1) is 15.0. The van der Waals surface area contributed by atoms with Crippen molar-refractivity contribution in [3.8, 4) is 0 Å². The highest BCUT2D eigenvalue weighted by Crippen LogP contribution is 2.23. The summed E-state index contributed by atoms with van der Waals surface area (Å²) < 4.78 is 1.19. The molecule has 2 rings (SSSR count). The molecule has 1 aromatic rings. The number of hydrogen-bond acceptors (Lipinski definition) is 4. The lowest BCUT2D eigenvalue weighted by Gasteiger charge is -2.37. The third kappa shape index (κ3) is 4.02. The van der Waals surface area contributed by atoms with Crippen LogP contribution < -0.4 is 5.32 Å². The molecular formula is C13H20BrN3OS. The molecule has 6 heteroatoms. The van der Waals surface area contributed by atoms with E-state index in [1.165, 1.54) is 8.66 Å². The average Bonchev–Trinajstić information content (AvgIpc) is 2.83. The number of nitrogens with zero attached hydrogens (tertiary/aromatic N) is 2. The molecule has 0 bridgehead atoms. The highest BCUT2D eigenvalue weighted by atomic mass is 79.9. The van der Waals surface area contributed by atoms with Crippen molar-refractivity contribution in [2.24, 2.45) is 0 Å². The number of nitrogens with one attached hydrogen (secondary N) is 1. The maximum atomic E-state index is 11.6. The summed E-state index contributed by atoms with van der Waals surface area (Å²) in [5.74, 6) is 0.107. The van der Waals surface area contributed by atoms with Gasteiger partial charge < -0.3 is 5.32 Å². The van der Waals surface area contributed by atoms with Crippen LogP contribution in [0, 0.1) is 0 Å². The molecule has 4 nitrogen and oxygen atoms in total. The largest absolute Gasteiger partial charge is 0.358 e. The van der Waals surface area contributed by atoms with Gasteiger partial charge in [0, 0.05) is 44.6 Å². The summed E-state index contributed by atoms with van der Waals surface area (Å²) in [5, 5.41) is 2.72. The van der Waals surface area contributed by atoms with Crippen LogP contribution in [0.4, 0.5) is 0 Å². The molecule has 1 saturated heterocycles. The second-order valence-corrected chi connectivity index (χ2v) is 7.36. The van der Waals surface area contributed by atoms with Gasteiger partial charge in [0.1, 0.15) is 0 Å². The predicted molar refractivity (Wildman–Crippen MR) is 82.4 cm³/mol. The van der Waals surface area contributed by atoms with Crippen LogP contribution in [-0.2, 0) is 11.3 Å². The third-order valence-electron chi connectivity index (χ3n) is 3.59. The molecule has 0 aromatic carbocycles. The zero-order chi connectivity index (χ0) is 13.8. The van der Waals surface area contributed by atoms with Crippen molar-refractivity contribution in [1.82, 2.24) is 15.1 Å². The summed E-state index contributed by atoms with van der Waals surface area (Å²) in [6, 6.07) is 4.25. The fourth-order valence-corrected chi connectivity index (χ4v) is 3.87. The van der Waals surface area contributed by atoms with Crippen molar-refractivity contribution in [2.45, 2.75) is 19.5 Å². The number of piperazine rings is 1. The molecule has 0 unspecified atom stereocenters. The van der Waals surface area contributed by atoms with E-state index in [0.29, 0.717) is 0 Å². The Labute approximate surface area is 126 Å². The number of hydrogen-bond donors (Lipinski definition) is 1. The van der Waals surface area contributed by atoms with Crippen LogP contribution in [0.25, 0.3) is 0 Å². The van der Waals surface area contributed by atoms with E-state index in [0.717, 1.165) is 32.7 Å². The zero-order valence-electron chi connectivity index (χ0n) is 11.4. The van der Waals surface area contributed by atoms with E-state index >= 15 is 0 Å². The molecule has 1 fully saturated rings. The number of likely N-dealkylation sites (N-methyl/N-ethyl adjacent to an activating group) is 1. The predicted octanol–water partition coefficient (Wildman–Crippen LogP) is 1.76. The number of carbonyl (C=O) groups excluding carboxylic acids is 1. The maximum Gasteiger partial charge on any atom is 0.236 e. The van der Waals surface area contributed by atoms with Crippen LogP contribution >= 0.6 is 27.3 Å². The Morgan fingerprint density at radius 2 is 2.11 bits per heavy atom. The average molecular weight is 346 g/mol. The highest BCUT2D eigenvalue weighted by Gasteiger charge is 2.24. The van der Waals surface area contributed by atoms with Crippen LogP contribution in [0.1, 0.15) is 11.8 Å². The third-order valence-corrected chi connectivity index (χ3v) is 5.20. The van der Waals surface area contributed by atoms with E-state index < -0.39 is 0 Å². The van der Waals surface area contributed by atoms with Gasteiger partial charge in [-0.3, -0.25) is 14.6 Å². The summed E-state index contributed by atoms with van der Waals surface area (Å²) in [6.07, 6.45) is 0. The number of halogens is 1. The molecule has 1 amide bonds. The van der Waals surface area contributed by atoms with Gasteiger partial charge in [-0.05, 0) is 35.0 Å². The summed E-state index contributed by atoms with van der Waals surface area (Å²) >= 11 is 5.29. The van der Waals surface area contributed by atoms with Crippen molar-refractivity contribution in [1.29, 1.82) is 0 Å². The minimum Gasteiger partial charge on any atom is -0.358 e. The van der Waals surface area contributed by atoms with Crippen molar-refractivity contribution in [2.75, 3.05) is 33.2 Å². The van der Waals surface area contributed by atoms with Crippen molar-refractivity contribution >= 4 is 33.2 Å². The quantitative estimate of drug-likeness (QED) is 0.903. The molecule has 1 aliphatic rings. The molecule has 1 atom stereocenters. The van der Waals surface area contributed by atoms with E-state index in [2.05, 4.69) is 43.2 Å². The number of carbonyl (C=O) groups is 1. The Bertz CT molecular complexity index is 429. The molecule has 19 heavy (non-hydrogen) atoms. The molecule has 0 radical (unpaired) electrons. The molecule has 1 aliphatic heterocycles. The van der Waals surface area contributed by atoms with Crippen molar-refractivity contribution in [3.05, 3.63) is 20.8 Å². The molecule has 2 heterocycles. The first-order chi connectivity index (χ1) is 9.10. The van der Waals surface area contributed by atoms with E-state index in [-0.39, 0.29) is 11.9 Å². The second kappa shape index (κ2) is 6.83. The smallest absolute Gasteiger partial charge is 0.236 e. The van der Waals surface area contributed by atoms with Gasteiger partial charge in [-0.25, -0.2) is 0 Å². The fourth-order valence-electron chi connectivity index (χ4n) is 2.34. The van der Waals surface area contributed by atoms with Gasteiger partial charge in [-0.15, -0.1) is 11.3 Å². The van der Waals surface area contributed by atoms with Gasteiger partial charge >= 0.3 is 0 Å². The molecule has 1 aromatic heterocycles. The fraction of sp³-hybridized carbons (Fsp3) is 0.615. The van der Waals surface area contributed by atoms with Gasteiger partial charge in [-0.1, -0.05) is 0 Å². The van der Waals surface area contributed by atoms with Gasteiger partial charge in [0.05, 0.1) is 9.83 Å². The lowest BCUT2D eigenvalue weighted by atomic mass is 10.2. The zero-order valence-corrected chi connectivity index (χ0v) is 13.8. The van der Waals surface area contributed by atoms with Crippen molar-refractivity contribution in [3.63, 3.8) is 0 Å². The summed E-state index contributed by atoms with van der Waals surface area (Å²) in [4.78, 5) is 17.7. The lowest BCUT2D eigenvalue weighted by Crippen LogP contribution is -2.53. The minimum atomic E-state index is -0.0250. The Morgan fingerprint density at radius 1 is 1.42 bits per heavy atom. The van der Waals surface area contributed by atoms with Crippen LogP contribution in [0.15, 0.2) is 15.9 Å². The first-order valence-electron chi connectivity index (χ1n) is 6.52. The molecular weight excluding hydrogens is 326 g/mol. The van der Waals surface area contributed by atoms with Crippen LogP contribution in [-0.4, -0.2) is 55.0 Å². The monoisotopic (exact) mass is 345 g/mol. The summed E-state index contributed by atoms with van der Waals surface area (Å²) in [7, 11) is 1.70. The maximum absolute atomic E-state index is 11.6. The molecule has 0 aliphatic carbocycles. The van der Waals surface area contributed by atoms with Gasteiger partial charge in [-0.2, -0.15) is 0 Å². The summed E-state index contributed by atoms with van der Waals surface area (Å²) in [6.45, 7) is 6.96. The van der Waals surface area contributed by atoms with E-state index in [4.69, 9.17) is 0 Å². The molecule has 0 saturated carbocycles. The van der Waals surface area contributed by atoms with Gasteiger partial charge in [0.15, 0.2) is 0 Å². The second-order valence-electron chi connectivity index (χ2n) is 4.81. The highest BCUT2D eigenvalue weighted by molar-refractivity contribution is 9.11. The first-order valence-corrected chi connectivity index (χ1v) is 8.13. The Hall–Kier alpha value is -0.430. The number of amides is 1. The Morgan fingerprint density at radius 3 is 2.63 bits per heavy atom. The molecule has 1 N–H and O–H groups in total. The Balaban J connectivity index is 1.80.